The molecular weight excluding hydrogens is 244 g/mol. The molecule has 0 aromatic heterocycles. The van der Waals surface area contributed by atoms with Gasteiger partial charge in [0.15, 0.2) is 0 Å². The lowest BCUT2D eigenvalue weighted by molar-refractivity contribution is -0.161. The van der Waals surface area contributed by atoms with Crippen molar-refractivity contribution in [3.05, 3.63) is 47.6 Å². The smallest absolute Gasteiger partial charge is 0.336 e. The molecule has 0 aromatic rings. The Hall–Kier alpha value is -2.10. The van der Waals surface area contributed by atoms with E-state index < -0.39 is 18.7 Å². The van der Waals surface area contributed by atoms with Crippen molar-refractivity contribution >= 4 is 11.9 Å². The van der Waals surface area contributed by atoms with Crippen LogP contribution in [0.15, 0.2) is 47.6 Å². The zero-order valence-corrected chi connectivity index (χ0v) is 11.9. The highest BCUT2D eigenvalue weighted by atomic mass is 16.7. The average molecular weight is 264 g/mol. The lowest BCUT2D eigenvalue weighted by Crippen LogP contribution is -2.14. The molecule has 0 atom stereocenters. The molecule has 0 aliphatic carbocycles. The number of ether oxygens (including phenoxy) is 2. The topological polar surface area (TPSA) is 52.6 Å². The van der Waals surface area contributed by atoms with Crippen molar-refractivity contribution in [1.82, 2.24) is 0 Å². The fourth-order valence-corrected chi connectivity index (χ4v) is 1.22. The van der Waals surface area contributed by atoms with Crippen LogP contribution in [0.5, 0.6) is 0 Å². The molecule has 0 spiro atoms. The van der Waals surface area contributed by atoms with Gasteiger partial charge in [-0.1, -0.05) is 24.3 Å². The summed E-state index contributed by atoms with van der Waals surface area (Å²) in [6, 6.07) is 0. The van der Waals surface area contributed by atoms with E-state index in [1.165, 1.54) is 0 Å². The SMILES string of the molecule is C=C(C)/C=C(/C)C(=O)OCOC(=O)/C(C)=C\C(=C)C. The minimum Gasteiger partial charge on any atom is -0.424 e. The van der Waals surface area contributed by atoms with E-state index in [2.05, 4.69) is 13.2 Å². The Morgan fingerprint density at radius 1 is 0.842 bits per heavy atom. The first-order valence-electron chi connectivity index (χ1n) is 5.76. The molecule has 0 bridgehead atoms. The molecule has 4 nitrogen and oxygen atoms in total. The van der Waals surface area contributed by atoms with Gasteiger partial charge in [0.1, 0.15) is 0 Å². The Morgan fingerprint density at radius 2 is 1.16 bits per heavy atom. The van der Waals surface area contributed by atoms with Crippen molar-refractivity contribution in [2.75, 3.05) is 6.79 Å². The first-order chi connectivity index (χ1) is 8.73. The van der Waals surface area contributed by atoms with Crippen LogP contribution in [0.25, 0.3) is 0 Å². The van der Waals surface area contributed by atoms with Crippen LogP contribution in [0, 0.1) is 0 Å². The van der Waals surface area contributed by atoms with Gasteiger partial charge in [-0.25, -0.2) is 9.59 Å². The molecule has 0 amide bonds. The molecule has 0 radical (unpaired) electrons. The lowest BCUT2D eigenvalue weighted by atomic mass is 10.2. The van der Waals surface area contributed by atoms with Gasteiger partial charge in [-0.2, -0.15) is 0 Å². The largest absolute Gasteiger partial charge is 0.424 e. The molecule has 0 heterocycles. The molecule has 0 aliphatic heterocycles. The summed E-state index contributed by atoms with van der Waals surface area (Å²) in [7, 11) is 0. The molecule has 0 aliphatic rings. The maximum absolute atomic E-state index is 11.5. The highest BCUT2D eigenvalue weighted by Gasteiger charge is 2.09. The van der Waals surface area contributed by atoms with E-state index in [4.69, 9.17) is 9.47 Å². The number of allylic oxidation sites excluding steroid dienone is 4. The summed E-state index contributed by atoms with van der Waals surface area (Å²) in [5, 5.41) is 0. The van der Waals surface area contributed by atoms with E-state index in [-0.39, 0.29) is 0 Å². The van der Waals surface area contributed by atoms with Crippen molar-refractivity contribution in [3.8, 4) is 0 Å². The Labute approximate surface area is 114 Å². The Balaban J connectivity index is 4.25. The van der Waals surface area contributed by atoms with Crippen LogP contribution in [-0.4, -0.2) is 18.7 Å². The van der Waals surface area contributed by atoms with Gasteiger partial charge in [0, 0.05) is 11.1 Å². The minimum absolute atomic E-state index is 0.401. The number of esters is 2. The van der Waals surface area contributed by atoms with E-state index in [0.717, 1.165) is 11.1 Å². The summed E-state index contributed by atoms with van der Waals surface area (Å²) in [5.41, 5.74) is 2.29. The average Bonchev–Trinajstić information content (AvgIpc) is 2.26. The van der Waals surface area contributed by atoms with E-state index in [1.807, 2.05) is 0 Å². The Morgan fingerprint density at radius 3 is 1.42 bits per heavy atom. The van der Waals surface area contributed by atoms with Crippen LogP contribution in [0.2, 0.25) is 0 Å². The normalized spacial score (nSPS) is 11.8. The summed E-state index contributed by atoms with van der Waals surface area (Å²) in [5.74, 6) is -1.09. The van der Waals surface area contributed by atoms with Gasteiger partial charge in [0.05, 0.1) is 0 Å². The van der Waals surface area contributed by atoms with E-state index in [0.29, 0.717) is 11.1 Å². The predicted molar refractivity (Wildman–Crippen MR) is 74.2 cm³/mol. The summed E-state index contributed by atoms with van der Waals surface area (Å²) >= 11 is 0. The van der Waals surface area contributed by atoms with Crippen LogP contribution < -0.4 is 0 Å². The second kappa shape index (κ2) is 8.08. The molecular formula is C15H20O4. The number of rotatable bonds is 6. The lowest BCUT2D eigenvalue weighted by Gasteiger charge is -2.06. The van der Waals surface area contributed by atoms with Crippen LogP contribution in [-0.2, 0) is 19.1 Å². The third-order valence-corrected chi connectivity index (χ3v) is 1.95. The Kier molecular flexibility index (Phi) is 7.19. The zero-order valence-electron chi connectivity index (χ0n) is 11.9. The van der Waals surface area contributed by atoms with Crippen LogP contribution >= 0.6 is 0 Å². The number of carbonyl (C=O) groups excluding carboxylic acids is 2. The van der Waals surface area contributed by atoms with Gasteiger partial charge in [-0.15, -0.1) is 0 Å². The molecule has 4 heteroatoms. The molecule has 0 fully saturated rings. The molecule has 0 saturated carbocycles. The zero-order chi connectivity index (χ0) is 15.0. The highest BCUT2D eigenvalue weighted by Crippen LogP contribution is 2.04. The number of hydrogen-bond donors (Lipinski definition) is 0. The first kappa shape index (κ1) is 16.9. The Bertz CT molecular complexity index is 411. The highest BCUT2D eigenvalue weighted by molar-refractivity contribution is 5.89. The van der Waals surface area contributed by atoms with Crippen molar-refractivity contribution in [3.63, 3.8) is 0 Å². The molecule has 104 valence electrons. The van der Waals surface area contributed by atoms with Crippen LogP contribution in [0.4, 0.5) is 0 Å². The van der Waals surface area contributed by atoms with E-state index in [9.17, 15) is 9.59 Å². The van der Waals surface area contributed by atoms with Gasteiger partial charge in [-0.3, -0.25) is 0 Å². The van der Waals surface area contributed by atoms with Gasteiger partial charge >= 0.3 is 11.9 Å². The fraction of sp³-hybridized carbons (Fsp3) is 0.333. The van der Waals surface area contributed by atoms with Gasteiger partial charge < -0.3 is 9.47 Å². The number of carbonyl (C=O) groups is 2. The molecule has 0 aromatic carbocycles. The minimum atomic E-state index is -0.544. The monoisotopic (exact) mass is 264 g/mol. The molecule has 0 rings (SSSR count). The second-order valence-corrected chi connectivity index (χ2v) is 4.33. The second-order valence-electron chi connectivity index (χ2n) is 4.33. The summed E-state index contributed by atoms with van der Waals surface area (Å²) in [6.45, 7) is 13.6. The summed E-state index contributed by atoms with van der Waals surface area (Å²) in [6.07, 6.45) is 3.19. The van der Waals surface area contributed by atoms with Gasteiger partial charge in [0.2, 0.25) is 6.79 Å². The quantitative estimate of drug-likeness (QED) is 0.320. The maximum Gasteiger partial charge on any atom is 0.336 e. The van der Waals surface area contributed by atoms with Crippen LogP contribution in [0.1, 0.15) is 27.7 Å². The molecule has 0 N–H and O–H groups in total. The first-order valence-corrected chi connectivity index (χ1v) is 5.76. The van der Waals surface area contributed by atoms with Crippen molar-refractivity contribution in [2.24, 2.45) is 0 Å². The number of hydrogen-bond acceptors (Lipinski definition) is 4. The van der Waals surface area contributed by atoms with Crippen molar-refractivity contribution in [2.45, 2.75) is 27.7 Å². The maximum atomic E-state index is 11.5. The fourth-order valence-electron chi connectivity index (χ4n) is 1.22. The van der Waals surface area contributed by atoms with E-state index >= 15 is 0 Å². The standard InChI is InChI=1S/C15H20O4/c1-10(2)7-12(5)14(16)18-9-19-15(17)13(6)8-11(3)4/h7-8H,1,3,9H2,2,4-6H3/b12-7-,13-8-. The molecule has 19 heavy (non-hydrogen) atoms. The third kappa shape index (κ3) is 7.76. The molecule has 0 saturated heterocycles. The third-order valence-electron chi connectivity index (χ3n) is 1.95. The van der Waals surface area contributed by atoms with E-state index in [1.54, 1.807) is 39.8 Å². The summed E-state index contributed by atoms with van der Waals surface area (Å²) < 4.78 is 9.58. The van der Waals surface area contributed by atoms with Crippen LogP contribution in [0.3, 0.4) is 0 Å². The summed E-state index contributed by atoms with van der Waals surface area (Å²) in [4.78, 5) is 22.9. The van der Waals surface area contributed by atoms with Crippen molar-refractivity contribution in [1.29, 1.82) is 0 Å². The van der Waals surface area contributed by atoms with Gasteiger partial charge in [0.25, 0.3) is 0 Å². The van der Waals surface area contributed by atoms with Gasteiger partial charge in [-0.05, 0) is 39.8 Å². The predicted octanol–water partition coefficient (Wildman–Crippen LogP) is 3.08. The molecule has 0 unspecified atom stereocenters. The van der Waals surface area contributed by atoms with Crippen molar-refractivity contribution < 1.29 is 19.1 Å².